The molecule has 0 N–H and O–H groups in total. The van der Waals surface area contributed by atoms with Gasteiger partial charge in [-0.1, -0.05) is 12.5 Å². The van der Waals surface area contributed by atoms with Gasteiger partial charge in [0, 0.05) is 23.0 Å². The highest BCUT2D eigenvalue weighted by atomic mass is 32.1. The molecule has 1 fully saturated rings. The van der Waals surface area contributed by atoms with Crippen molar-refractivity contribution in [1.82, 2.24) is 15.2 Å². The van der Waals surface area contributed by atoms with Gasteiger partial charge in [-0.2, -0.15) is 11.3 Å². The van der Waals surface area contributed by atoms with Crippen LogP contribution in [0.4, 0.5) is 20.0 Å². The number of pyridine rings is 1. The van der Waals surface area contributed by atoms with E-state index < -0.39 is 17.1 Å². The van der Waals surface area contributed by atoms with Gasteiger partial charge in [-0.3, -0.25) is 9.88 Å². The maximum atomic E-state index is 14.7. The first kappa shape index (κ1) is 22.8. The number of anilines is 1. The lowest BCUT2D eigenvalue weighted by Crippen LogP contribution is -2.50. The number of hydrogen-bond donors (Lipinski definition) is 0. The fourth-order valence-electron chi connectivity index (χ4n) is 3.83. The van der Waals surface area contributed by atoms with Gasteiger partial charge in [0.15, 0.2) is 5.82 Å². The zero-order valence-electron chi connectivity index (χ0n) is 18.7. The zero-order valence-corrected chi connectivity index (χ0v) is 19.5. The van der Waals surface area contributed by atoms with E-state index in [-0.39, 0.29) is 12.4 Å². The summed E-state index contributed by atoms with van der Waals surface area (Å²) in [4.78, 5) is 23.2. The van der Waals surface area contributed by atoms with Crippen LogP contribution in [0.15, 0.2) is 42.6 Å². The quantitative estimate of drug-likeness (QED) is 0.422. The predicted octanol–water partition coefficient (Wildman–Crippen LogP) is 6.15. The minimum absolute atomic E-state index is 0.185. The lowest BCUT2D eigenvalue weighted by atomic mass is 9.66. The molecular formula is C24H24FN5O2S. The number of carbonyl (C=O) groups excluding carboxylic acids is 1. The van der Waals surface area contributed by atoms with Gasteiger partial charge >= 0.3 is 6.09 Å². The Balaban J connectivity index is 1.67. The van der Waals surface area contributed by atoms with Crippen LogP contribution in [0.2, 0.25) is 0 Å². The van der Waals surface area contributed by atoms with Crippen LogP contribution < -0.4 is 4.90 Å². The fraction of sp³-hybridized carbons (Fsp3) is 0.375. The first-order valence-corrected chi connectivity index (χ1v) is 11.5. The van der Waals surface area contributed by atoms with Crippen molar-refractivity contribution in [2.75, 3.05) is 11.4 Å². The Labute approximate surface area is 196 Å². The second kappa shape index (κ2) is 8.87. The van der Waals surface area contributed by atoms with Crippen LogP contribution >= 0.6 is 11.3 Å². The zero-order chi connectivity index (χ0) is 23.6. The molecule has 1 aliphatic carbocycles. The molecule has 3 aromatic rings. The number of hydrogen-bond acceptors (Lipinski definition) is 6. The smallest absolute Gasteiger partial charge is 0.416 e. The van der Waals surface area contributed by atoms with Gasteiger partial charge in [-0.05, 0) is 63.9 Å². The van der Waals surface area contributed by atoms with Gasteiger partial charge in [0.2, 0.25) is 5.00 Å². The van der Waals surface area contributed by atoms with Crippen LogP contribution in [-0.4, -0.2) is 33.4 Å². The van der Waals surface area contributed by atoms with E-state index in [4.69, 9.17) is 11.3 Å². The normalized spacial score (nSPS) is 14.8. The van der Waals surface area contributed by atoms with Crippen LogP contribution in [0.3, 0.4) is 0 Å². The molecule has 0 saturated heterocycles. The van der Waals surface area contributed by atoms with Crippen molar-refractivity contribution >= 4 is 28.2 Å². The largest absolute Gasteiger partial charge is 0.443 e. The summed E-state index contributed by atoms with van der Waals surface area (Å²) in [5, 5.41) is 9.13. The van der Waals surface area contributed by atoms with E-state index in [1.54, 1.807) is 51.2 Å². The van der Waals surface area contributed by atoms with Gasteiger partial charge in [0.05, 0.1) is 12.3 Å². The van der Waals surface area contributed by atoms with Crippen molar-refractivity contribution in [3.8, 4) is 10.6 Å². The number of amides is 1. The van der Waals surface area contributed by atoms with Gasteiger partial charge in [-0.15, -0.1) is 10.2 Å². The van der Waals surface area contributed by atoms with E-state index in [9.17, 15) is 9.18 Å². The van der Waals surface area contributed by atoms with E-state index in [2.05, 4.69) is 20.0 Å². The van der Waals surface area contributed by atoms with E-state index in [0.717, 1.165) is 11.3 Å². The highest BCUT2D eigenvalue weighted by Gasteiger charge is 2.45. The summed E-state index contributed by atoms with van der Waals surface area (Å²) in [7, 11) is 0. The molecule has 0 spiro atoms. The molecule has 0 bridgehead atoms. The molecule has 9 heteroatoms. The molecule has 1 amide bonds. The lowest BCUT2D eigenvalue weighted by molar-refractivity contribution is 0.0557. The highest BCUT2D eigenvalue weighted by Crippen LogP contribution is 2.45. The summed E-state index contributed by atoms with van der Waals surface area (Å²) in [5.41, 5.74) is -0.351. The van der Waals surface area contributed by atoms with Crippen molar-refractivity contribution in [1.29, 1.82) is 0 Å². The van der Waals surface area contributed by atoms with Crippen LogP contribution in [0.1, 0.15) is 45.7 Å². The van der Waals surface area contributed by atoms with E-state index in [1.165, 1.54) is 22.3 Å². The van der Waals surface area contributed by atoms with Crippen molar-refractivity contribution in [2.45, 2.75) is 51.0 Å². The Bertz CT molecular complexity index is 1190. The molecule has 1 aliphatic rings. The first-order chi connectivity index (χ1) is 15.7. The standard InChI is InChI=1S/C24H24FN5O2S/c1-23(2,3)32-22(31)30(15-24(12-6-13-24)21-16(25)7-5-14-27-21)19-10-8-17(28-29-19)18-9-11-20(26-4)33-18/h5,7-11,14H,6,12-13,15H2,1-3H3. The van der Waals surface area contributed by atoms with Crippen molar-refractivity contribution in [2.24, 2.45) is 0 Å². The SMILES string of the molecule is [C-]#[N+]c1ccc(-c2ccc(N(CC3(c4ncccc4F)CCC3)C(=O)OC(C)(C)C)nn2)s1. The lowest BCUT2D eigenvalue weighted by Gasteiger charge is -2.44. The average molecular weight is 466 g/mol. The van der Waals surface area contributed by atoms with Gasteiger partial charge < -0.3 is 4.74 Å². The number of ether oxygens (including phenoxy) is 1. The fourth-order valence-corrected chi connectivity index (χ4v) is 4.59. The predicted molar refractivity (Wildman–Crippen MR) is 125 cm³/mol. The summed E-state index contributed by atoms with van der Waals surface area (Å²) in [6, 6.07) is 9.97. The summed E-state index contributed by atoms with van der Waals surface area (Å²) in [5.74, 6) is -0.0614. The molecule has 3 aromatic heterocycles. The van der Waals surface area contributed by atoms with Crippen LogP contribution in [0.5, 0.6) is 0 Å². The minimum atomic E-state index is -0.709. The number of halogens is 1. The minimum Gasteiger partial charge on any atom is -0.443 e. The molecule has 0 unspecified atom stereocenters. The van der Waals surface area contributed by atoms with E-state index in [1.807, 2.05) is 6.07 Å². The van der Waals surface area contributed by atoms with E-state index >= 15 is 0 Å². The number of aromatic nitrogens is 3. The Morgan fingerprint density at radius 3 is 2.58 bits per heavy atom. The summed E-state index contributed by atoms with van der Waals surface area (Å²) in [6.45, 7) is 12.7. The van der Waals surface area contributed by atoms with Crippen molar-refractivity contribution in [3.05, 3.63) is 65.5 Å². The number of carbonyl (C=O) groups is 1. The Morgan fingerprint density at radius 1 is 1.24 bits per heavy atom. The number of rotatable bonds is 5. The highest BCUT2D eigenvalue weighted by molar-refractivity contribution is 7.19. The maximum absolute atomic E-state index is 14.7. The second-order valence-corrected chi connectivity index (χ2v) is 10.1. The maximum Gasteiger partial charge on any atom is 0.416 e. The Morgan fingerprint density at radius 2 is 2.03 bits per heavy atom. The monoisotopic (exact) mass is 465 g/mol. The molecule has 33 heavy (non-hydrogen) atoms. The molecule has 0 aliphatic heterocycles. The molecule has 4 rings (SSSR count). The molecule has 7 nitrogen and oxygen atoms in total. The third-order valence-electron chi connectivity index (χ3n) is 5.53. The number of thiophene rings is 1. The van der Waals surface area contributed by atoms with Crippen molar-refractivity contribution in [3.63, 3.8) is 0 Å². The molecule has 170 valence electrons. The molecular weight excluding hydrogens is 441 g/mol. The first-order valence-electron chi connectivity index (χ1n) is 10.6. The van der Waals surface area contributed by atoms with E-state index in [0.29, 0.717) is 35.0 Å². The molecule has 0 radical (unpaired) electrons. The van der Waals surface area contributed by atoms with Crippen LogP contribution in [0, 0.1) is 12.4 Å². The third kappa shape index (κ3) is 4.86. The van der Waals surface area contributed by atoms with Gasteiger partial charge in [0.1, 0.15) is 17.1 Å². The Hall–Kier alpha value is -3.38. The summed E-state index contributed by atoms with van der Waals surface area (Å²) in [6.07, 6.45) is 3.34. The Kier molecular flexibility index (Phi) is 6.13. The molecule has 0 atom stereocenters. The summed E-state index contributed by atoms with van der Waals surface area (Å²) < 4.78 is 20.3. The molecule has 0 aromatic carbocycles. The van der Waals surface area contributed by atoms with Crippen LogP contribution in [0.25, 0.3) is 15.4 Å². The average Bonchev–Trinajstić information content (AvgIpc) is 3.22. The third-order valence-corrected chi connectivity index (χ3v) is 6.53. The van der Waals surface area contributed by atoms with Gasteiger partial charge in [-0.25, -0.2) is 14.0 Å². The second-order valence-electron chi connectivity index (χ2n) is 9.06. The van der Waals surface area contributed by atoms with Crippen LogP contribution in [-0.2, 0) is 10.2 Å². The molecule has 1 saturated carbocycles. The van der Waals surface area contributed by atoms with Gasteiger partial charge in [0.25, 0.3) is 0 Å². The summed E-state index contributed by atoms with van der Waals surface area (Å²) >= 11 is 1.32. The molecule has 3 heterocycles. The van der Waals surface area contributed by atoms with Crippen molar-refractivity contribution < 1.29 is 13.9 Å². The topological polar surface area (TPSA) is 72.6 Å². The number of nitrogens with zero attached hydrogens (tertiary/aromatic N) is 5.